The van der Waals surface area contributed by atoms with Crippen LogP contribution in [-0.2, 0) is 4.74 Å². The molecule has 1 aliphatic rings. The zero-order valence-electron chi connectivity index (χ0n) is 13.2. The number of nitrogens with zero attached hydrogens (tertiary/aromatic N) is 3. The highest BCUT2D eigenvalue weighted by atomic mass is 16.6. The van der Waals surface area contributed by atoms with Crippen LogP contribution in [0, 0.1) is 0 Å². The van der Waals surface area contributed by atoms with E-state index in [-0.39, 0.29) is 12.1 Å². The van der Waals surface area contributed by atoms with Crippen LogP contribution in [0.25, 0.3) is 0 Å². The van der Waals surface area contributed by atoms with Crippen LogP contribution in [0.15, 0.2) is 18.3 Å². The van der Waals surface area contributed by atoms with E-state index in [9.17, 15) is 4.79 Å². The Balaban J connectivity index is 1.95. The van der Waals surface area contributed by atoms with Gasteiger partial charge >= 0.3 is 6.09 Å². The van der Waals surface area contributed by atoms with Crippen molar-refractivity contribution in [1.82, 2.24) is 9.88 Å². The van der Waals surface area contributed by atoms with E-state index in [1.54, 1.807) is 18.1 Å². The molecule has 0 aromatic carbocycles. The van der Waals surface area contributed by atoms with Crippen molar-refractivity contribution < 1.29 is 9.53 Å². The molecule has 21 heavy (non-hydrogen) atoms. The quantitative estimate of drug-likeness (QED) is 0.904. The molecule has 1 unspecified atom stereocenters. The van der Waals surface area contributed by atoms with E-state index in [1.165, 1.54) is 0 Å². The van der Waals surface area contributed by atoms with Crippen molar-refractivity contribution in [3.63, 3.8) is 0 Å². The van der Waals surface area contributed by atoms with Gasteiger partial charge in [-0.3, -0.25) is 0 Å². The molecular weight excluding hydrogens is 268 g/mol. The van der Waals surface area contributed by atoms with E-state index in [4.69, 9.17) is 10.5 Å². The lowest BCUT2D eigenvalue weighted by Crippen LogP contribution is -2.42. The van der Waals surface area contributed by atoms with Crippen molar-refractivity contribution in [2.24, 2.45) is 0 Å². The first kappa shape index (κ1) is 15.4. The standard InChI is InChI=1S/C15H24N4O2/c1-15(2,3)21-14(20)18(4)12-7-8-19(10-12)13-6-5-11(16)9-17-13/h5-6,9,12H,7-8,10,16H2,1-4H3. The molecule has 1 saturated heterocycles. The first-order valence-electron chi connectivity index (χ1n) is 7.18. The predicted octanol–water partition coefficient (Wildman–Crippen LogP) is 2.11. The normalized spacial score (nSPS) is 18.7. The lowest BCUT2D eigenvalue weighted by molar-refractivity contribution is 0.0238. The fourth-order valence-electron chi connectivity index (χ4n) is 2.33. The Labute approximate surface area is 125 Å². The molecule has 0 radical (unpaired) electrons. The first-order valence-corrected chi connectivity index (χ1v) is 7.18. The number of carbonyl (C=O) groups is 1. The van der Waals surface area contributed by atoms with Gasteiger partial charge in [0.15, 0.2) is 0 Å². The molecule has 0 spiro atoms. The van der Waals surface area contributed by atoms with Gasteiger partial charge in [0.05, 0.1) is 17.9 Å². The number of nitrogens with two attached hydrogens (primary N) is 1. The largest absolute Gasteiger partial charge is 0.444 e. The van der Waals surface area contributed by atoms with Crippen LogP contribution in [-0.4, -0.2) is 47.8 Å². The second kappa shape index (κ2) is 5.79. The molecular formula is C15H24N4O2. The summed E-state index contributed by atoms with van der Waals surface area (Å²) in [4.78, 5) is 20.3. The molecule has 0 saturated carbocycles. The maximum Gasteiger partial charge on any atom is 0.410 e. The Bertz CT molecular complexity index is 495. The Hall–Kier alpha value is -1.98. The minimum Gasteiger partial charge on any atom is -0.444 e. The van der Waals surface area contributed by atoms with Crippen LogP contribution >= 0.6 is 0 Å². The highest BCUT2D eigenvalue weighted by molar-refractivity contribution is 5.68. The maximum absolute atomic E-state index is 12.1. The smallest absolute Gasteiger partial charge is 0.410 e. The zero-order valence-corrected chi connectivity index (χ0v) is 13.2. The second-order valence-corrected chi connectivity index (χ2v) is 6.43. The summed E-state index contributed by atoms with van der Waals surface area (Å²) in [6.45, 7) is 7.25. The van der Waals surface area contributed by atoms with Crippen molar-refractivity contribution in [3.05, 3.63) is 18.3 Å². The molecule has 1 aromatic heterocycles. The second-order valence-electron chi connectivity index (χ2n) is 6.43. The van der Waals surface area contributed by atoms with Crippen molar-refractivity contribution in [3.8, 4) is 0 Å². The average molecular weight is 292 g/mol. The van der Waals surface area contributed by atoms with Crippen molar-refractivity contribution in [1.29, 1.82) is 0 Å². The molecule has 2 rings (SSSR count). The Kier molecular flexibility index (Phi) is 4.25. The molecule has 0 bridgehead atoms. The molecule has 0 aliphatic carbocycles. The van der Waals surface area contributed by atoms with Gasteiger partial charge in [-0.05, 0) is 39.3 Å². The zero-order chi connectivity index (χ0) is 15.6. The monoisotopic (exact) mass is 292 g/mol. The predicted molar refractivity (Wildman–Crippen MR) is 83.3 cm³/mol. The van der Waals surface area contributed by atoms with Gasteiger partial charge in [0.2, 0.25) is 0 Å². The number of nitrogen functional groups attached to an aromatic ring is 1. The third kappa shape index (κ3) is 4.00. The highest BCUT2D eigenvalue weighted by Gasteiger charge is 2.31. The SMILES string of the molecule is CN(C(=O)OC(C)(C)C)C1CCN(c2ccc(N)cn2)C1. The number of amides is 1. The summed E-state index contributed by atoms with van der Waals surface area (Å²) < 4.78 is 5.40. The lowest BCUT2D eigenvalue weighted by Gasteiger charge is -2.28. The number of hydrogen-bond acceptors (Lipinski definition) is 5. The first-order chi connectivity index (χ1) is 9.76. The van der Waals surface area contributed by atoms with Gasteiger partial charge in [0, 0.05) is 20.1 Å². The number of rotatable bonds is 2. The van der Waals surface area contributed by atoms with Gasteiger partial charge in [0.1, 0.15) is 11.4 Å². The Morgan fingerprint density at radius 1 is 1.48 bits per heavy atom. The van der Waals surface area contributed by atoms with Gasteiger partial charge in [0.25, 0.3) is 0 Å². The summed E-state index contributed by atoms with van der Waals surface area (Å²) in [5.41, 5.74) is 5.83. The van der Waals surface area contributed by atoms with Gasteiger partial charge in [-0.2, -0.15) is 0 Å². The van der Waals surface area contributed by atoms with Crippen LogP contribution in [0.4, 0.5) is 16.3 Å². The summed E-state index contributed by atoms with van der Waals surface area (Å²) in [6.07, 6.45) is 2.28. The molecule has 6 nitrogen and oxygen atoms in total. The van der Waals surface area contributed by atoms with Crippen molar-refractivity contribution in [2.75, 3.05) is 30.8 Å². The molecule has 116 valence electrons. The molecule has 2 N–H and O–H groups in total. The fourth-order valence-corrected chi connectivity index (χ4v) is 2.33. The molecule has 1 aliphatic heterocycles. The number of hydrogen-bond donors (Lipinski definition) is 1. The summed E-state index contributed by atoms with van der Waals surface area (Å²) in [5.74, 6) is 0.893. The Morgan fingerprint density at radius 2 is 2.19 bits per heavy atom. The van der Waals surface area contributed by atoms with Crippen LogP contribution in [0.1, 0.15) is 27.2 Å². The molecule has 6 heteroatoms. The van der Waals surface area contributed by atoms with Crippen LogP contribution in [0.3, 0.4) is 0 Å². The van der Waals surface area contributed by atoms with Gasteiger partial charge in [-0.15, -0.1) is 0 Å². The lowest BCUT2D eigenvalue weighted by atomic mass is 10.2. The van der Waals surface area contributed by atoms with E-state index in [0.717, 1.165) is 25.3 Å². The molecule has 1 atom stereocenters. The average Bonchev–Trinajstić information content (AvgIpc) is 2.86. The molecule has 1 fully saturated rings. The van der Waals surface area contributed by atoms with Gasteiger partial charge in [-0.1, -0.05) is 0 Å². The third-order valence-electron chi connectivity index (χ3n) is 3.49. The topological polar surface area (TPSA) is 71.7 Å². The molecule has 2 heterocycles. The van der Waals surface area contributed by atoms with Gasteiger partial charge < -0.3 is 20.3 Å². The summed E-state index contributed by atoms with van der Waals surface area (Å²) in [5, 5.41) is 0. The van der Waals surface area contributed by atoms with E-state index in [2.05, 4.69) is 9.88 Å². The summed E-state index contributed by atoms with van der Waals surface area (Å²) in [7, 11) is 1.79. The van der Waals surface area contributed by atoms with E-state index in [0.29, 0.717) is 5.69 Å². The van der Waals surface area contributed by atoms with Crippen LogP contribution in [0.5, 0.6) is 0 Å². The number of aromatic nitrogens is 1. The van der Waals surface area contributed by atoms with Crippen LogP contribution < -0.4 is 10.6 Å². The minimum atomic E-state index is -0.470. The van der Waals surface area contributed by atoms with E-state index in [1.807, 2.05) is 32.9 Å². The summed E-state index contributed by atoms with van der Waals surface area (Å²) in [6, 6.07) is 3.89. The number of carbonyl (C=O) groups excluding carboxylic acids is 1. The fraction of sp³-hybridized carbons (Fsp3) is 0.600. The Morgan fingerprint density at radius 3 is 2.76 bits per heavy atom. The van der Waals surface area contributed by atoms with Crippen LogP contribution in [0.2, 0.25) is 0 Å². The van der Waals surface area contributed by atoms with Gasteiger partial charge in [-0.25, -0.2) is 9.78 Å². The number of pyridine rings is 1. The minimum absolute atomic E-state index is 0.138. The molecule has 1 aromatic rings. The maximum atomic E-state index is 12.1. The number of ether oxygens (including phenoxy) is 1. The number of anilines is 2. The molecule has 1 amide bonds. The summed E-state index contributed by atoms with van der Waals surface area (Å²) >= 11 is 0. The van der Waals surface area contributed by atoms with Crippen molar-refractivity contribution >= 4 is 17.6 Å². The number of likely N-dealkylation sites (N-methyl/N-ethyl adjacent to an activating group) is 1. The van der Waals surface area contributed by atoms with E-state index >= 15 is 0 Å². The highest BCUT2D eigenvalue weighted by Crippen LogP contribution is 2.22. The third-order valence-corrected chi connectivity index (χ3v) is 3.49. The van der Waals surface area contributed by atoms with Crippen molar-refractivity contribution in [2.45, 2.75) is 38.8 Å². The van der Waals surface area contributed by atoms with E-state index < -0.39 is 5.60 Å².